The van der Waals surface area contributed by atoms with E-state index in [4.69, 9.17) is 4.52 Å². The van der Waals surface area contributed by atoms with Crippen molar-refractivity contribution in [1.29, 1.82) is 0 Å². The second kappa shape index (κ2) is 8.16. The van der Waals surface area contributed by atoms with Crippen LogP contribution in [0.3, 0.4) is 0 Å². The van der Waals surface area contributed by atoms with Crippen molar-refractivity contribution in [1.82, 2.24) is 29.7 Å². The molecule has 1 spiro atoms. The van der Waals surface area contributed by atoms with Crippen LogP contribution >= 0.6 is 0 Å². The third-order valence-electron chi connectivity index (χ3n) is 7.32. The van der Waals surface area contributed by atoms with Crippen LogP contribution in [-0.2, 0) is 13.6 Å². The first-order valence-corrected chi connectivity index (χ1v) is 11.3. The van der Waals surface area contributed by atoms with Gasteiger partial charge in [0.05, 0.1) is 5.69 Å². The van der Waals surface area contributed by atoms with Gasteiger partial charge in [-0.1, -0.05) is 35.5 Å². The van der Waals surface area contributed by atoms with Gasteiger partial charge < -0.3 is 14.0 Å². The third kappa shape index (κ3) is 3.62. The van der Waals surface area contributed by atoms with Crippen molar-refractivity contribution in [2.75, 3.05) is 26.2 Å². The summed E-state index contributed by atoms with van der Waals surface area (Å²) in [6.07, 6.45) is 3.69. The quantitative estimate of drug-likeness (QED) is 0.628. The van der Waals surface area contributed by atoms with Gasteiger partial charge in [-0.3, -0.25) is 9.69 Å². The Hall–Kier alpha value is -3.00. The van der Waals surface area contributed by atoms with Gasteiger partial charge in [0.2, 0.25) is 0 Å². The smallest absolute Gasteiger partial charge is 0.259 e. The van der Waals surface area contributed by atoms with Crippen molar-refractivity contribution in [3.63, 3.8) is 0 Å². The molecular weight excluding hydrogens is 404 g/mol. The van der Waals surface area contributed by atoms with Crippen LogP contribution < -0.4 is 0 Å². The Morgan fingerprint density at radius 1 is 1.19 bits per heavy atom. The number of carbonyl (C=O) groups excluding carboxylic acids is 1. The van der Waals surface area contributed by atoms with Crippen molar-refractivity contribution in [3.8, 4) is 0 Å². The van der Waals surface area contributed by atoms with Gasteiger partial charge in [0, 0.05) is 45.7 Å². The molecule has 2 saturated heterocycles. The van der Waals surface area contributed by atoms with Gasteiger partial charge in [-0.25, -0.2) is 0 Å². The minimum atomic E-state index is 0.0328. The van der Waals surface area contributed by atoms with E-state index >= 15 is 0 Å². The van der Waals surface area contributed by atoms with Gasteiger partial charge >= 0.3 is 0 Å². The molecule has 1 aromatic carbocycles. The SMILES string of the molecule is Cc1noc(C)c1C(=O)N1CCC2(CC1)CN(Cc1ccccc1)CC2c1nncn1C. The standard InChI is InChI=1S/C24H30N6O2/c1-17-21(18(2)32-27-17)23(31)30-11-9-24(10-12-30)15-29(13-19-7-5-4-6-8-19)14-20(24)22-26-25-16-28(22)3/h4-8,16,20H,9-15H2,1-3H3. The van der Waals surface area contributed by atoms with E-state index in [0.29, 0.717) is 22.9 Å². The number of amides is 1. The number of benzene rings is 1. The summed E-state index contributed by atoms with van der Waals surface area (Å²) in [6.45, 7) is 8.00. The largest absolute Gasteiger partial charge is 0.361 e. The number of likely N-dealkylation sites (tertiary alicyclic amines) is 2. The molecule has 0 bridgehead atoms. The van der Waals surface area contributed by atoms with Gasteiger partial charge in [0.1, 0.15) is 23.5 Å². The van der Waals surface area contributed by atoms with E-state index < -0.39 is 0 Å². The van der Waals surface area contributed by atoms with E-state index in [2.05, 4.69) is 55.2 Å². The van der Waals surface area contributed by atoms with Crippen molar-refractivity contribution in [3.05, 3.63) is 65.1 Å². The molecule has 0 aliphatic carbocycles. The molecule has 32 heavy (non-hydrogen) atoms. The molecule has 2 aromatic heterocycles. The highest BCUT2D eigenvalue weighted by molar-refractivity contribution is 5.96. The summed E-state index contributed by atoms with van der Waals surface area (Å²) >= 11 is 0. The fourth-order valence-electron chi connectivity index (χ4n) is 5.61. The fraction of sp³-hybridized carbons (Fsp3) is 0.500. The summed E-state index contributed by atoms with van der Waals surface area (Å²) in [6, 6.07) is 10.6. The Morgan fingerprint density at radius 2 is 1.94 bits per heavy atom. The highest BCUT2D eigenvalue weighted by atomic mass is 16.5. The molecule has 2 aliphatic heterocycles. The number of aryl methyl sites for hydroxylation is 3. The Bertz CT molecular complexity index is 1080. The van der Waals surface area contributed by atoms with Crippen LogP contribution in [0.4, 0.5) is 0 Å². The Kier molecular flexibility index (Phi) is 5.33. The van der Waals surface area contributed by atoms with Gasteiger partial charge in [-0.05, 0) is 37.7 Å². The molecule has 0 N–H and O–H groups in total. The lowest BCUT2D eigenvalue weighted by Crippen LogP contribution is -2.46. The van der Waals surface area contributed by atoms with Crippen LogP contribution in [0.5, 0.6) is 0 Å². The summed E-state index contributed by atoms with van der Waals surface area (Å²) < 4.78 is 7.28. The molecule has 8 heteroatoms. The Balaban J connectivity index is 1.36. The van der Waals surface area contributed by atoms with Crippen molar-refractivity contribution < 1.29 is 9.32 Å². The van der Waals surface area contributed by atoms with E-state index in [0.717, 1.165) is 51.4 Å². The monoisotopic (exact) mass is 434 g/mol. The van der Waals surface area contributed by atoms with Crippen molar-refractivity contribution in [2.45, 2.75) is 39.2 Å². The van der Waals surface area contributed by atoms with Crippen LogP contribution in [0.1, 0.15) is 52.0 Å². The van der Waals surface area contributed by atoms with Crippen LogP contribution in [0, 0.1) is 19.3 Å². The predicted octanol–water partition coefficient (Wildman–Crippen LogP) is 2.94. The van der Waals surface area contributed by atoms with Crippen LogP contribution in [0.15, 0.2) is 41.2 Å². The number of carbonyl (C=O) groups is 1. The van der Waals surface area contributed by atoms with Crippen molar-refractivity contribution >= 4 is 5.91 Å². The number of hydrogen-bond acceptors (Lipinski definition) is 6. The van der Waals surface area contributed by atoms with E-state index in [9.17, 15) is 4.79 Å². The molecule has 168 valence electrons. The molecule has 1 amide bonds. The molecule has 1 unspecified atom stereocenters. The molecule has 4 heterocycles. The lowest BCUT2D eigenvalue weighted by molar-refractivity contribution is 0.0553. The van der Waals surface area contributed by atoms with Crippen molar-refractivity contribution in [2.24, 2.45) is 12.5 Å². The zero-order valence-corrected chi connectivity index (χ0v) is 19.0. The summed E-state index contributed by atoms with van der Waals surface area (Å²) in [4.78, 5) is 17.7. The minimum absolute atomic E-state index is 0.0328. The molecule has 0 radical (unpaired) electrons. The first-order valence-electron chi connectivity index (χ1n) is 11.3. The lowest BCUT2D eigenvalue weighted by Gasteiger charge is -2.42. The number of piperidine rings is 1. The number of nitrogens with zero attached hydrogens (tertiary/aromatic N) is 6. The van der Waals surface area contributed by atoms with E-state index in [-0.39, 0.29) is 11.3 Å². The van der Waals surface area contributed by atoms with Crippen LogP contribution in [0.25, 0.3) is 0 Å². The molecule has 0 saturated carbocycles. The van der Waals surface area contributed by atoms with E-state index in [1.165, 1.54) is 5.56 Å². The topological polar surface area (TPSA) is 80.3 Å². The maximum Gasteiger partial charge on any atom is 0.259 e. The molecular formula is C24H30N6O2. The summed E-state index contributed by atoms with van der Waals surface area (Å²) in [7, 11) is 2.03. The van der Waals surface area contributed by atoms with Gasteiger partial charge in [0.15, 0.2) is 0 Å². The third-order valence-corrected chi connectivity index (χ3v) is 7.32. The highest BCUT2D eigenvalue weighted by Crippen LogP contribution is 2.49. The van der Waals surface area contributed by atoms with E-state index in [1.54, 1.807) is 13.3 Å². The summed E-state index contributed by atoms with van der Waals surface area (Å²) in [5.74, 6) is 1.98. The van der Waals surface area contributed by atoms with Crippen LogP contribution in [0.2, 0.25) is 0 Å². The fourth-order valence-corrected chi connectivity index (χ4v) is 5.61. The maximum absolute atomic E-state index is 13.2. The van der Waals surface area contributed by atoms with Crippen LogP contribution in [-0.4, -0.2) is 61.8 Å². The minimum Gasteiger partial charge on any atom is -0.361 e. The second-order valence-corrected chi connectivity index (χ2v) is 9.36. The average Bonchev–Trinajstić information content (AvgIpc) is 3.46. The molecule has 1 atom stereocenters. The number of hydrogen-bond donors (Lipinski definition) is 0. The molecule has 3 aromatic rings. The zero-order chi connectivity index (χ0) is 22.3. The summed E-state index contributed by atoms with van der Waals surface area (Å²) in [5, 5.41) is 12.6. The highest BCUT2D eigenvalue weighted by Gasteiger charge is 2.50. The average molecular weight is 435 g/mol. The van der Waals surface area contributed by atoms with Gasteiger partial charge in [-0.2, -0.15) is 0 Å². The van der Waals surface area contributed by atoms with Gasteiger partial charge in [-0.15, -0.1) is 10.2 Å². The zero-order valence-electron chi connectivity index (χ0n) is 19.0. The lowest BCUT2D eigenvalue weighted by atomic mass is 9.70. The normalized spacial score (nSPS) is 20.8. The maximum atomic E-state index is 13.2. The molecule has 5 rings (SSSR count). The first-order chi connectivity index (χ1) is 15.5. The molecule has 2 fully saturated rings. The number of aromatic nitrogens is 4. The second-order valence-electron chi connectivity index (χ2n) is 9.36. The predicted molar refractivity (Wildman–Crippen MR) is 119 cm³/mol. The summed E-state index contributed by atoms with van der Waals surface area (Å²) in [5.41, 5.74) is 2.69. The number of rotatable bonds is 4. The Labute approximate surface area is 188 Å². The van der Waals surface area contributed by atoms with E-state index in [1.807, 2.05) is 18.9 Å². The molecule has 8 nitrogen and oxygen atoms in total. The molecule has 2 aliphatic rings. The van der Waals surface area contributed by atoms with Gasteiger partial charge in [0.25, 0.3) is 5.91 Å². The first kappa shape index (κ1) is 20.9. The Morgan fingerprint density at radius 3 is 2.56 bits per heavy atom.